The lowest BCUT2D eigenvalue weighted by Crippen LogP contribution is -2.71. The fraction of sp³-hybridized carbons (Fsp3) is 0.939. The van der Waals surface area contributed by atoms with E-state index >= 15 is 0 Å². The summed E-state index contributed by atoms with van der Waals surface area (Å²) in [6.07, 6.45) is -32.0. The maximum atomic E-state index is 13.6. The normalized spacial score (nSPS) is 38.9. The second kappa shape index (κ2) is 55.1. The molecule has 40 nitrogen and oxygen atoms in total. The van der Waals surface area contributed by atoms with Crippen LogP contribution in [0.3, 0.4) is 0 Å². The lowest BCUT2D eigenvalue weighted by atomic mass is 9.93. The summed E-state index contributed by atoms with van der Waals surface area (Å²) in [7, 11) is 0. The number of nitrogens with one attached hydrogen (secondary N) is 3. The van der Waals surface area contributed by atoms with Gasteiger partial charge in [0.25, 0.3) is 0 Å². The zero-order valence-electron chi connectivity index (χ0n) is 71.1. The summed E-state index contributed by atoms with van der Waals surface area (Å²) >= 11 is 0. The van der Waals surface area contributed by atoms with E-state index in [2.05, 4.69) is 29.8 Å². The molecule has 7 fully saturated rings. The zero-order chi connectivity index (χ0) is 89.3. The highest BCUT2D eigenvalue weighted by molar-refractivity contribution is 5.76. The molecule has 0 spiro atoms. The van der Waals surface area contributed by atoms with Crippen molar-refractivity contribution in [1.82, 2.24) is 16.0 Å². The van der Waals surface area contributed by atoms with Crippen LogP contribution in [0.2, 0.25) is 0 Å². The lowest BCUT2D eigenvalue weighted by Gasteiger charge is -2.51. The van der Waals surface area contributed by atoms with Gasteiger partial charge in [0.05, 0.1) is 64.5 Å². The van der Waals surface area contributed by atoms with Crippen LogP contribution in [-0.4, -0.2) is 393 Å². The van der Waals surface area contributed by atoms with Crippen molar-refractivity contribution < 1.29 is 183 Å². The molecule has 7 rings (SSSR count). The standard InChI is InChI=1S/C82H147N3O37/c1-6-8-10-12-14-16-18-20-21-23-25-27-29-31-33-35-54(95)85-46(47(94)34-32-30-28-26-24-22-19-17-15-13-11-9-7-2)42-109-78-67(106)65(104)70(53(41-91)116-78)117-80-68(107)73(61(100)51(39-89)113-80)120-76-55(83-44(4)92)71(59(98)49(37-87)111-76)118-81-69(108)74(62(101)52(40-90)114-81)121-77-56(84-45(5)93)72(60(99)50(38-88)112-77)119-82-75(64(103)58(97)48(36-86)115-82)122-79-66(105)63(102)57(96)43(3)110-79/h32,34,43,46-53,55-82,86-91,94,96-108H,6-31,33,35-42H2,1-5H3,(H,83,92)(H,84,93)(H,85,95)/b34-32+/t43?,46-,47+,48?,49?,50?,51?,52?,53?,55?,56?,57+,58-,59+,60+,61-,62-,63?,64-,65+,66-,67?,68?,69?,70+,71+,72+,73-,74-,75?,76-,77-,78+,79+,80-,81-,82-/m0/s1. The van der Waals surface area contributed by atoms with Crippen LogP contribution in [0.15, 0.2) is 12.2 Å². The van der Waals surface area contributed by atoms with Gasteiger partial charge < -0.3 is 184 Å². The molecule has 0 aromatic rings. The van der Waals surface area contributed by atoms with Crippen LogP contribution in [0.1, 0.15) is 214 Å². The number of carbonyl (C=O) groups is 3. The molecule has 40 heteroatoms. The van der Waals surface area contributed by atoms with E-state index in [9.17, 15) is 117 Å². The number of hydrogen-bond donors (Lipinski definition) is 23. The van der Waals surface area contributed by atoms with Crippen LogP contribution in [0.4, 0.5) is 0 Å². The van der Waals surface area contributed by atoms with Crippen molar-refractivity contribution in [3.8, 4) is 0 Å². The minimum Gasteiger partial charge on any atom is -0.394 e. The van der Waals surface area contributed by atoms with Crippen LogP contribution in [0, 0.1) is 0 Å². The average Bonchev–Trinajstić information content (AvgIpc) is 0.762. The first kappa shape index (κ1) is 106. The molecule has 712 valence electrons. The first-order valence-corrected chi connectivity index (χ1v) is 44.3. The molecular formula is C82H147N3O37. The third-order valence-electron chi connectivity index (χ3n) is 23.8. The molecular weight excluding hydrogens is 1620 g/mol. The minimum absolute atomic E-state index is 0.159. The molecule has 3 amide bonds. The van der Waals surface area contributed by atoms with Crippen molar-refractivity contribution >= 4 is 17.7 Å². The van der Waals surface area contributed by atoms with E-state index in [0.29, 0.717) is 12.8 Å². The Hall–Kier alpha value is -3.21. The Labute approximate surface area is 713 Å². The van der Waals surface area contributed by atoms with Crippen molar-refractivity contribution in [1.29, 1.82) is 0 Å². The predicted molar refractivity (Wildman–Crippen MR) is 425 cm³/mol. The Kier molecular flexibility index (Phi) is 47.8. The van der Waals surface area contributed by atoms with Crippen molar-refractivity contribution in [3.63, 3.8) is 0 Å². The van der Waals surface area contributed by atoms with Gasteiger partial charge in [-0.1, -0.05) is 180 Å². The summed E-state index contributed by atoms with van der Waals surface area (Å²) in [6.45, 7) is 0.936. The highest BCUT2D eigenvalue weighted by atomic mass is 16.8. The largest absolute Gasteiger partial charge is 0.394 e. The number of aliphatic hydroxyl groups is 20. The van der Waals surface area contributed by atoms with Crippen LogP contribution in [0.5, 0.6) is 0 Å². The molecule has 0 radical (unpaired) electrons. The van der Waals surface area contributed by atoms with Crippen LogP contribution in [0.25, 0.3) is 0 Å². The third kappa shape index (κ3) is 30.7. The zero-order valence-corrected chi connectivity index (χ0v) is 71.1. The molecule has 7 heterocycles. The van der Waals surface area contributed by atoms with Crippen molar-refractivity contribution in [2.45, 2.75) is 441 Å². The first-order valence-electron chi connectivity index (χ1n) is 44.3. The Morgan fingerprint density at radius 3 is 1.09 bits per heavy atom. The average molecular weight is 1770 g/mol. The van der Waals surface area contributed by atoms with E-state index in [1.807, 2.05) is 6.08 Å². The van der Waals surface area contributed by atoms with E-state index in [4.69, 9.17) is 66.3 Å². The van der Waals surface area contributed by atoms with Gasteiger partial charge in [0.2, 0.25) is 17.7 Å². The monoisotopic (exact) mass is 1770 g/mol. The number of amides is 3. The first-order chi connectivity index (χ1) is 58.5. The number of allylic oxidation sites excluding steroid dienone is 1. The van der Waals surface area contributed by atoms with Gasteiger partial charge in [-0.05, 0) is 26.2 Å². The van der Waals surface area contributed by atoms with Gasteiger partial charge in [0.15, 0.2) is 44.0 Å². The van der Waals surface area contributed by atoms with Gasteiger partial charge in [0, 0.05) is 20.3 Å². The highest BCUT2D eigenvalue weighted by Crippen LogP contribution is 2.39. The smallest absolute Gasteiger partial charge is 0.220 e. The molecule has 122 heavy (non-hydrogen) atoms. The number of aliphatic hydroxyl groups excluding tert-OH is 20. The predicted octanol–water partition coefficient (Wildman–Crippen LogP) is -3.57. The summed E-state index contributed by atoms with van der Waals surface area (Å²) in [6, 6.07) is -4.88. The van der Waals surface area contributed by atoms with Crippen LogP contribution >= 0.6 is 0 Å². The lowest BCUT2D eigenvalue weighted by molar-refractivity contribution is -0.391. The quantitative estimate of drug-likeness (QED) is 0.0207. The number of rotatable bonds is 54. The van der Waals surface area contributed by atoms with E-state index in [-0.39, 0.29) is 12.3 Å². The Morgan fingerprint density at radius 2 is 0.664 bits per heavy atom. The van der Waals surface area contributed by atoms with Crippen LogP contribution < -0.4 is 16.0 Å². The highest BCUT2D eigenvalue weighted by Gasteiger charge is 2.60. The van der Waals surface area contributed by atoms with E-state index in [1.165, 1.54) is 116 Å². The molecule has 0 saturated carbocycles. The molecule has 7 aliphatic heterocycles. The maximum absolute atomic E-state index is 13.6. The molecule has 14 unspecified atom stereocenters. The summed E-state index contributed by atoms with van der Waals surface area (Å²) in [5, 5.41) is 233. The van der Waals surface area contributed by atoms with Crippen molar-refractivity contribution in [3.05, 3.63) is 12.2 Å². The molecule has 23 N–H and O–H groups in total. The fourth-order valence-corrected chi connectivity index (χ4v) is 16.5. The van der Waals surface area contributed by atoms with Gasteiger partial charge in [0.1, 0.15) is 165 Å². The number of ether oxygens (including phenoxy) is 14. The molecule has 0 aromatic carbocycles. The summed E-state index contributed by atoms with van der Waals surface area (Å²) < 4.78 is 83.6. The fourth-order valence-electron chi connectivity index (χ4n) is 16.5. The molecule has 0 aliphatic carbocycles. The Bertz CT molecular complexity index is 2910. The van der Waals surface area contributed by atoms with E-state index in [0.717, 1.165) is 65.2 Å². The second-order valence-electron chi connectivity index (χ2n) is 33.4. The van der Waals surface area contributed by atoms with Crippen LogP contribution in [-0.2, 0) is 80.7 Å². The second-order valence-corrected chi connectivity index (χ2v) is 33.4. The summed E-state index contributed by atoms with van der Waals surface area (Å²) in [4.78, 5) is 40.0. The van der Waals surface area contributed by atoms with E-state index in [1.54, 1.807) is 6.08 Å². The number of unbranched alkanes of at least 4 members (excludes halogenated alkanes) is 25. The Balaban J connectivity index is 1.03. The number of carbonyl (C=O) groups excluding carboxylic acids is 3. The van der Waals surface area contributed by atoms with Crippen molar-refractivity contribution in [2.24, 2.45) is 0 Å². The SMILES string of the molecule is CCCCCCCCCCCCC/C=C/[C@@H](O)[C@H](CO[C@@H]1OC(CO)[C@@H](O[C@@H]2OC(CO)[C@H](O)[C@H](O[C@@H]3OC(CO)[C@@H](O)[C@H](O[C@@H]4OC(CO)[C@H](O)[C@H](O[C@@H]5OC(CO)[C@@H](O)[C@H](O[C@@H]6OC(CO)[C@H](O)[C@H](O)C6O[C@H]6OC(C)[C@@H](O)C(O)[C@@H]6O)C5NC(C)=O)C4O)C3NC(C)=O)C2O)[C@H](O)C1O)NC(=O)CCCCCCCCCCCCCCCCC. The third-order valence-corrected chi connectivity index (χ3v) is 23.8. The van der Waals surface area contributed by atoms with Gasteiger partial charge in [-0.25, -0.2) is 0 Å². The van der Waals surface area contributed by atoms with Gasteiger partial charge in [-0.3, -0.25) is 14.4 Å². The van der Waals surface area contributed by atoms with E-state index < -0.39 is 285 Å². The summed E-state index contributed by atoms with van der Waals surface area (Å²) in [5.41, 5.74) is 0. The van der Waals surface area contributed by atoms with Crippen molar-refractivity contribution in [2.75, 3.05) is 46.2 Å². The maximum Gasteiger partial charge on any atom is 0.220 e. The minimum atomic E-state index is -2.37. The molecule has 0 aromatic heterocycles. The van der Waals surface area contributed by atoms with Gasteiger partial charge >= 0.3 is 0 Å². The van der Waals surface area contributed by atoms with Gasteiger partial charge in [-0.2, -0.15) is 0 Å². The van der Waals surface area contributed by atoms with Gasteiger partial charge in [-0.15, -0.1) is 0 Å². The molecule has 7 saturated heterocycles. The summed E-state index contributed by atoms with van der Waals surface area (Å²) in [5.74, 6) is -2.19. The molecule has 7 aliphatic rings. The number of hydrogen-bond acceptors (Lipinski definition) is 37. The molecule has 37 atom stereocenters. The molecule has 0 bridgehead atoms. The Morgan fingerprint density at radius 1 is 0.336 bits per heavy atom. The topological polar surface area (TPSA) is 621 Å².